The Hall–Kier alpha value is -4.29. The Kier molecular flexibility index (Phi) is 8.37. The second-order valence-corrected chi connectivity index (χ2v) is 10.2. The summed E-state index contributed by atoms with van der Waals surface area (Å²) in [6.07, 6.45) is 5.38. The summed E-state index contributed by atoms with van der Waals surface area (Å²) in [7, 11) is 1.61. The van der Waals surface area contributed by atoms with E-state index in [2.05, 4.69) is 12.2 Å². The molecule has 1 aromatic heterocycles. The van der Waals surface area contributed by atoms with Crippen LogP contribution in [0.4, 0.5) is 0 Å². The van der Waals surface area contributed by atoms with Gasteiger partial charge < -0.3 is 19.5 Å². The van der Waals surface area contributed by atoms with Crippen molar-refractivity contribution in [1.82, 2.24) is 14.8 Å². The fourth-order valence-corrected chi connectivity index (χ4v) is 5.24. The molecular formula is C33H32ClN3O3. The van der Waals surface area contributed by atoms with E-state index in [-0.39, 0.29) is 18.4 Å². The summed E-state index contributed by atoms with van der Waals surface area (Å²) >= 11 is 6.54. The van der Waals surface area contributed by atoms with Gasteiger partial charge in [0, 0.05) is 41.5 Å². The monoisotopic (exact) mass is 553 g/mol. The normalized spacial score (nSPS) is 16.1. The predicted octanol–water partition coefficient (Wildman–Crippen LogP) is 6.57. The Bertz CT molecular complexity index is 1530. The molecule has 5 rings (SSSR count). The Balaban J connectivity index is 1.73. The minimum Gasteiger partial charge on any atom is -0.497 e. The number of fused-ring (bicyclic) bond motifs is 3. The molecule has 0 fully saturated rings. The molecule has 4 aromatic rings. The summed E-state index contributed by atoms with van der Waals surface area (Å²) in [6, 6.07) is 25.9. The largest absolute Gasteiger partial charge is 0.497 e. The van der Waals surface area contributed by atoms with Crippen LogP contribution in [0.5, 0.6) is 5.75 Å². The zero-order valence-corrected chi connectivity index (χ0v) is 23.4. The van der Waals surface area contributed by atoms with Gasteiger partial charge in [0.2, 0.25) is 11.8 Å². The Labute approximate surface area is 239 Å². The number of hydrogen-bond acceptors (Lipinski definition) is 3. The van der Waals surface area contributed by atoms with Gasteiger partial charge in [0.25, 0.3) is 0 Å². The quantitative estimate of drug-likeness (QED) is 0.251. The van der Waals surface area contributed by atoms with Crippen molar-refractivity contribution in [3.8, 4) is 11.4 Å². The van der Waals surface area contributed by atoms with Gasteiger partial charge >= 0.3 is 0 Å². The van der Waals surface area contributed by atoms with Gasteiger partial charge in [-0.25, -0.2) is 0 Å². The number of carbonyl (C=O) groups is 2. The predicted molar refractivity (Wildman–Crippen MR) is 159 cm³/mol. The van der Waals surface area contributed by atoms with E-state index in [1.807, 2.05) is 89.6 Å². The van der Waals surface area contributed by atoms with Crippen LogP contribution in [0.1, 0.15) is 48.2 Å². The SMILES string of the molecule is CCCCNC(=O)C1c2cc(Cl)ccc2-n2cccc2/C(c2ccccc2)=C\C(=O)N1Cc1ccc(OC)cc1. The van der Waals surface area contributed by atoms with Gasteiger partial charge in [-0.15, -0.1) is 0 Å². The zero-order valence-electron chi connectivity index (χ0n) is 22.6. The number of aromatic nitrogens is 1. The van der Waals surface area contributed by atoms with Crippen molar-refractivity contribution in [1.29, 1.82) is 0 Å². The minimum atomic E-state index is -0.915. The highest BCUT2D eigenvalue weighted by Gasteiger charge is 2.35. The van der Waals surface area contributed by atoms with Crippen molar-refractivity contribution in [2.24, 2.45) is 0 Å². The van der Waals surface area contributed by atoms with Gasteiger partial charge in [0.1, 0.15) is 11.8 Å². The zero-order chi connectivity index (χ0) is 28.1. The molecule has 7 heteroatoms. The molecule has 1 aliphatic heterocycles. The topological polar surface area (TPSA) is 63.6 Å². The number of nitrogens with one attached hydrogen (secondary N) is 1. The Morgan fingerprint density at radius 2 is 1.77 bits per heavy atom. The first-order valence-corrected chi connectivity index (χ1v) is 13.8. The van der Waals surface area contributed by atoms with Crippen molar-refractivity contribution >= 4 is 29.0 Å². The van der Waals surface area contributed by atoms with Crippen molar-refractivity contribution in [3.63, 3.8) is 0 Å². The number of unbranched alkanes of at least 4 members (excludes halogenated alkanes) is 1. The molecule has 204 valence electrons. The minimum absolute atomic E-state index is 0.216. The average molecular weight is 554 g/mol. The number of benzene rings is 3. The number of carbonyl (C=O) groups excluding carboxylic acids is 2. The molecule has 1 unspecified atom stereocenters. The van der Waals surface area contributed by atoms with Crippen LogP contribution in [0, 0.1) is 0 Å². The lowest BCUT2D eigenvalue weighted by molar-refractivity contribution is -0.138. The smallest absolute Gasteiger partial charge is 0.248 e. The number of ether oxygens (including phenoxy) is 1. The summed E-state index contributed by atoms with van der Waals surface area (Å²) in [5.74, 6) is 0.200. The Morgan fingerprint density at radius 3 is 2.50 bits per heavy atom. The molecule has 2 amide bonds. The number of nitrogens with zero attached hydrogens (tertiary/aromatic N) is 2. The molecule has 1 atom stereocenters. The molecule has 0 spiro atoms. The van der Waals surface area contributed by atoms with Crippen LogP contribution in [-0.2, 0) is 16.1 Å². The van der Waals surface area contributed by atoms with Crippen LogP contribution in [0.2, 0.25) is 5.02 Å². The van der Waals surface area contributed by atoms with E-state index >= 15 is 0 Å². The summed E-state index contributed by atoms with van der Waals surface area (Å²) in [4.78, 5) is 29.9. The van der Waals surface area contributed by atoms with E-state index < -0.39 is 6.04 Å². The molecule has 2 heterocycles. The molecule has 3 aromatic carbocycles. The van der Waals surface area contributed by atoms with Gasteiger partial charge in [0.15, 0.2) is 0 Å². The lowest BCUT2D eigenvalue weighted by atomic mass is 10.00. The third-order valence-corrected chi connectivity index (χ3v) is 7.34. The number of hydrogen-bond donors (Lipinski definition) is 1. The van der Waals surface area contributed by atoms with Crippen LogP contribution in [0.3, 0.4) is 0 Å². The van der Waals surface area contributed by atoms with Gasteiger partial charge in [-0.05, 0) is 60.0 Å². The molecule has 1 aliphatic rings. The first-order valence-electron chi connectivity index (χ1n) is 13.5. The third-order valence-electron chi connectivity index (χ3n) is 7.11. The van der Waals surface area contributed by atoms with Gasteiger partial charge in [-0.1, -0.05) is 67.4 Å². The molecule has 0 aliphatic carbocycles. The highest BCUT2D eigenvalue weighted by molar-refractivity contribution is 6.30. The molecule has 0 saturated carbocycles. The number of amides is 2. The highest BCUT2D eigenvalue weighted by Crippen LogP contribution is 2.36. The van der Waals surface area contributed by atoms with E-state index in [0.717, 1.165) is 46.7 Å². The van der Waals surface area contributed by atoms with Gasteiger partial charge in [-0.3, -0.25) is 9.59 Å². The summed E-state index contributed by atoms with van der Waals surface area (Å²) in [5, 5.41) is 3.56. The van der Waals surface area contributed by atoms with Crippen LogP contribution in [0.25, 0.3) is 11.3 Å². The maximum atomic E-state index is 14.3. The van der Waals surface area contributed by atoms with Crippen molar-refractivity contribution in [3.05, 3.63) is 125 Å². The van der Waals surface area contributed by atoms with E-state index in [9.17, 15) is 9.59 Å². The molecule has 40 heavy (non-hydrogen) atoms. The lowest BCUT2D eigenvalue weighted by Gasteiger charge is -2.32. The maximum Gasteiger partial charge on any atom is 0.248 e. The van der Waals surface area contributed by atoms with Crippen LogP contribution >= 0.6 is 11.6 Å². The van der Waals surface area contributed by atoms with Crippen LogP contribution in [0.15, 0.2) is 97.2 Å². The number of rotatable bonds is 8. The molecule has 6 nitrogen and oxygen atoms in total. The second-order valence-electron chi connectivity index (χ2n) is 9.75. The fraction of sp³-hybridized carbons (Fsp3) is 0.212. The van der Waals surface area contributed by atoms with Gasteiger partial charge in [0.05, 0.1) is 18.5 Å². The average Bonchev–Trinajstić information content (AvgIpc) is 3.46. The molecule has 0 bridgehead atoms. The standard InChI is InChI=1S/C33H32ClN3O3/c1-3-4-18-35-33(39)32-28-20-25(34)14-17-30(28)36-19-8-11-29(36)27(24-9-6-5-7-10-24)21-31(38)37(32)22-23-12-15-26(40-2)16-13-23/h5-17,19-21,32H,3-4,18,22H2,1-2H3,(H,35,39)/b27-21-. The molecular weight excluding hydrogens is 522 g/mol. The summed E-state index contributed by atoms with van der Waals surface area (Å²) in [5.41, 5.74) is 4.84. The molecule has 1 N–H and O–H groups in total. The molecule has 0 radical (unpaired) electrons. The first kappa shape index (κ1) is 27.3. The Morgan fingerprint density at radius 1 is 1.00 bits per heavy atom. The summed E-state index contributed by atoms with van der Waals surface area (Å²) in [6.45, 7) is 2.81. The number of halogens is 1. The molecule has 0 saturated heterocycles. The van der Waals surface area contributed by atoms with E-state index in [1.165, 1.54) is 0 Å². The second kappa shape index (κ2) is 12.3. The maximum absolute atomic E-state index is 14.3. The van der Waals surface area contributed by atoms with Crippen molar-refractivity contribution in [2.75, 3.05) is 13.7 Å². The van der Waals surface area contributed by atoms with Crippen molar-refractivity contribution in [2.45, 2.75) is 32.4 Å². The fourth-order valence-electron chi connectivity index (χ4n) is 5.06. The van der Waals surface area contributed by atoms with Gasteiger partial charge in [-0.2, -0.15) is 0 Å². The lowest BCUT2D eigenvalue weighted by Crippen LogP contribution is -2.43. The highest BCUT2D eigenvalue weighted by atomic mass is 35.5. The summed E-state index contributed by atoms with van der Waals surface area (Å²) < 4.78 is 7.35. The third kappa shape index (κ3) is 5.68. The first-order chi connectivity index (χ1) is 19.5. The number of methoxy groups -OCH3 is 1. The van der Waals surface area contributed by atoms with E-state index in [1.54, 1.807) is 24.2 Å². The van der Waals surface area contributed by atoms with Crippen LogP contribution < -0.4 is 10.1 Å². The van der Waals surface area contributed by atoms with Crippen molar-refractivity contribution < 1.29 is 14.3 Å². The van der Waals surface area contributed by atoms with E-state index in [4.69, 9.17) is 16.3 Å². The van der Waals surface area contributed by atoms with Crippen LogP contribution in [-0.4, -0.2) is 34.9 Å². The van der Waals surface area contributed by atoms with E-state index in [0.29, 0.717) is 17.1 Å².